The van der Waals surface area contributed by atoms with E-state index < -0.39 is 0 Å². The summed E-state index contributed by atoms with van der Waals surface area (Å²) in [5.41, 5.74) is 15.5. The van der Waals surface area contributed by atoms with E-state index in [0.29, 0.717) is 10.8 Å². The zero-order chi connectivity index (χ0) is 39.0. The maximum absolute atomic E-state index is 2.49. The molecule has 304 valence electrons. The fourth-order valence-corrected chi connectivity index (χ4v) is 14.5. The number of hydrogen-bond acceptors (Lipinski definition) is 0. The summed E-state index contributed by atoms with van der Waals surface area (Å²) in [7, 11) is 0. The minimum absolute atomic E-state index is 0. The summed E-state index contributed by atoms with van der Waals surface area (Å²) in [6.45, 7) is 13.4. The Balaban J connectivity index is 0.000000167. The Bertz CT molecular complexity index is 2140. The minimum Gasteiger partial charge on any atom is -1.00 e. The van der Waals surface area contributed by atoms with E-state index in [-0.39, 0.29) is 30.2 Å². The van der Waals surface area contributed by atoms with Crippen molar-refractivity contribution in [3.05, 3.63) is 130 Å². The monoisotopic (exact) mass is 900 g/mol. The first-order valence-corrected chi connectivity index (χ1v) is 28.0. The van der Waals surface area contributed by atoms with Crippen LogP contribution in [0.2, 0.25) is 12.6 Å². The molecule has 0 N–H and O–H groups in total. The van der Waals surface area contributed by atoms with E-state index in [9.17, 15) is 0 Å². The van der Waals surface area contributed by atoms with Gasteiger partial charge in [-0.25, -0.2) is 0 Å². The largest absolute Gasteiger partial charge is 1.00 e. The van der Waals surface area contributed by atoms with E-state index in [1.165, 1.54) is 156 Å². The van der Waals surface area contributed by atoms with Gasteiger partial charge in [-0.1, -0.05) is 81.9 Å². The molecule has 4 aliphatic rings. The molecule has 0 radical (unpaired) electrons. The van der Waals surface area contributed by atoms with Gasteiger partial charge in [0.1, 0.15) is 0 Å². The van der Waals surface area contributed by atoms with Crippen LogP contribution in [0.5, 0.6) is 0 Å². The van der Waals surface area contributed by atoms with Crippen molar-refractivity contribution in [3.63, 3.8) is 0 Å². The van der Waals surface area contributed by atoms with Crippen molar-refractivity contribution < 1.29 is 48.1 Å². The molecule has 0 saturated heterocycles. The summed E-state index contributed by atoms with van der Waals surface area (Å²) in [4.78, 5) is 0. The van der Waals surface area contributed by atoms with Gasteiger partial charge >= 0.3 is 54.7 Å². The average molecular weight is 903 g/mol. The van der Waals surface area contributed by atoms with Crippen LogP contribution in [0.15, 0.2) is 97.1 Å². The van der Waals surface area contributed by atoms with Crippen molar-refractivity contribution >= 4 is 27.0 Å². The van der Waals surface area contributed by atoms with Gasteiger partial charge < -0.3 is 24.8 Å². The second-order valence-electron chi connectivity index (χ2n) is 19.3. The van der Waals surface area contributed by atoms with E-state index in [4.69, 9.17) is 0 Å². The molecule has 4 bridgehead atoms. The summed E-state index contributed by atoms with van der Waals surface area (Å²) < 4.78 is 0. The first-order valence-electron chi connectivity index (χ1n) is 22.1. The topological polar surface area (TPSA) is 0 Å². The van der Waals surface area contributed by atoms with Crippen LogP contribution in [-0.4, -0.2) is 5.43 Å². The molecule has 4 aliphatic carbocycles. The number of rotatable bonds is 8. The molecule has 0 spiro atoms. The van der Waals surface area contributed by atoms with Crippen molar-refractivity contribution in [1.29, 1.82) is 0 Å². The molecule has 4 fully saturated rings. The zero-order valence-electron chi connectivity index (χ0n) is 36.0. The van der Waals surface area contributed by atoms with Crippen LogP contribution in [0.25, 0.3) is 43.8 Å². The molecule has 0 amide bonds. The molecule has 0 heterocycles. The fourth-order valence-electron chi connectivity index (χ4n) is 11.9. The van der Waals surface area contributed by atoms with Gasteiger partial charge in [-0.15, -0.1) is 69.1 Å². The van der Waals surface area contributed by atoms with Crippen LogP contribution >= 0.6 is 0 Å². The molecule has 0 aliphatic heterocycles. The Hall–Kier alpha value is -2.22. The van der Waals surface area contributed by atoms with E-state index >= 15 is 0 Å². The number of benzene rings is 4. The molecule has 0 nitrogen and oxygen atoms in total. The van der Waals surface area contributed by atoms with Gasteiger partial charge in [0.15, 0.2) is 0 Å². The van der Waals surface area contributed by atoms with Gasteiger partial charge in [-0.2, -0.15) is 12.1 Å². The molecule has 4 heteroatoms. The molecular weight excluding hydrogens is 839 g/mol. The van der Waals surface area contributed by atoms with Gasteiger partial charge in [-0.05, 0) is 139 Å². The Kier molecular flexibility index (Phi) is 15.0. The van der Waals surface area contributed by atoms with Crippen molar-refractivity contribution in [2.24, 2.45) is 22.7 Å². The molecular formula is C54H64Cl2SiZr-2. The third kappa shape index (κ3) is 10.3. The maximum Gasteiger partial charge on any atom is -0.0270 e. The van der Waals surface area contributed by atoms with Gasteiger partial charge in [-0.3, -0.25) is 0 Å². The Labute approximate surface area is 378 Å². The summed E-state index contributed by atoms with van der Waals surface area (Å²) in [5.74, 6) is 2.07. The first-order chi connectivity index (χ1) is 27.0. The zero-order valence-corrected chi connectivity index (χ0v) is 41.0. The van der Waals surface area contributed by atoms with Crippen molar-refractivity contribution in [3.8, 4) is 22.3 Å². The van der Waals surface area contributed by atoms with Crippen molar-refractivity contribution in [2.75, 3.05) is 0 Å². The van der Waals surface area contributed by atoms with Gasteiger partial charge in [0, 0.05) is 0 Å². The van der Waals surface area contributed by atoms with E-state index in [0.717, 1.165) is 11.8 Å². The predicted molar refractivity (Wildman–Crippen MR) is 241 cm³/mol. The number of hydrogen-bond donors (Lipinski definition) is 0. The maximum atomic E-state index is 2.49. The van der Waals surface area contributed by atoms with Crippen LogP contribution in [0, 0.1) is 50.4 Å². The van der Waals surface area contributed by atoms with Gasteiger partial charge in [0.25, 0.3) is 0 Å². The van der Waals surface area contributed by atoms with E-state index in [1.807, 2.05) is 0 Å². The Morgan fingerprint density at radius 1 is 0.586 bits per heavy atom. The molecule has 4 saturated carbocycles. The van der Waals surface area contributed by atoms with Crippen molar-refractivity contribution in [1.82, 2.24) is 0 Å². The SMILES string of the molecule is CCC[Si](C)=[Zr+2].Cc1cc(C)cc(-c2cccc3[cH-]c(CC45CCC(CC4)C5)cc23)c1.Cc1cc(C)cc(-c2cccc3[cH-]c(CC45CCC(CC4)C5)cc23)c1.[Cl-].[Cl-]. The van der Waals surface area contributed by atoms with Crippen LogP contribution in [0.1, 0.15) is 111 Å². The van der Waals surface area contributed by atoms with Crippen LogP contribution in [0.4, 0.5) is 0 Å². The molecule has 0 aromatic heterocycles. The standard InChI is InChI=1S/2C25H27.C4H10Si.2ClH.Zr/c2*1-17-10-18(2)12-22(11-17)23-5-3-4-21-13-20(14-24(21)23)16-25-8-6-19(15-25)7-9-25;1-3-4-5-2;;;/h2*3-5,10-14,19H,6-9,15-16H2,1-2H3;3-4H2,1-2H3;2*1H;/q2*-1;;;;+2/p-2. The van der Waals surface area contributed by atoms with Crippen molar-refractivity contribution in [2.45, 2.75) is 131 Å². The smallest absolute Gasteiger partial charge is 0.0270 e. The molecule has 0 unspecified atom stereocenters. The Morgan fingerprint density at radius 2 is 0.966 bits per heavy atom. The predicted octanol–water partition coefficient (Wildman–Crippen LogP) is 9.50. The minimum atomic E-state index is 0. The second-order valence-corrected chi connectivity index (χ2v) is 27.6. The molecule has 10 rings (SSSR count). The summed E-state index contributed by atoms with van der Waals surface area (Å²) in [6.07, 6.45) is 18.7. The molecule has 6 aromatic carbocycles. The van der Waals surface area contributed by atoms with Gasteiger partial charge in [0.2, 0.25) is 0 Å². The summed E-state index contributed by atoms with van der Waals surface area (Å²) >= 11 is 1.79. The van der Waals surface area contributed by atoms with E-state index in [1.54, 1.807) is 34.5 Å². The van der Waals surface area contributed by atoms with Crippen LogP contribution in [-0.2, 0) is 36.2 Å². The average Bonchev–Trinajstić information content (AvgIpc) is 4.01. The summed E-state index contributed by atoms with van der Waals surface area (Å²) in [5, 5.41) is 5.70. The quantitative estimate of drug-likeness (QED) is 0.106. The van der Waals surface area contributed by atoms with Crippen LogP contribution in [0.3, 0.4) is 0 Å². The number of aryl methyl sites for hydroxylation is 4. The third-order valence-electron chi connectivity index (χ3n) is 14.2. The summed E-state index contributed by atoms with van der Waals surface area (Å²) in [6, 6.07) is 38.8. The fraction of sp³-hybridized carbons (Fsp3) is 0.444. The number of halogens is 2. The number of fused-ring (bicyclic) bond motifs is 6. The third-order valence-corrected chi connectivity index (χ3v) is 17.3. The van der Waals surface area contributed by atoms with Crippen LogP contribution < -0.4 is 24.8 Å². The van der Waals surface area contributed by atoms with Gasteiger partial charge in [0.05, 0.1) is 0 Å². The molecule has 58 heavy (non-hydrogen) atoms. The van der Waals surface area contributed by atoms with E-state index in [2.05, 4.69) is 138 Å². The molecule has 6 aromatic rings. The normalized spacial score (nSPS) is 22.6. The molecule has 0 atom stereocenters. The second kappa shape index (κ2) is 19.2. The Morgan fingerprint density at radius 3 is 1.26 bits per heavy atom. The first kappa shape index (κ1) is 45.3.